The van der Waals surface area contributed by atoms with Crippen molar-refractivity contribution >= 4 is 10.1 Å². The minimum atomic E-state index is -4.16. The summed E-state index contributed by atoms with van der Waals surface area (Å²) in [5.74, 6) is 0. The van der Waals surface area contributed by atoms with Crippen LogP contribution in [0.25, 0.3) is 0 Å². The van der Waals surface area contributed by atoms with Gasteiger partial charge in [-0.25, -0.2) is 8.42 Å². The third-order valence-corrected chi connectivity index (χ3v) is 5.01. The molecule has 0 aliphatic carbocycles. The maximum Gasteiger partial charge on any atom is 1.00 e. The van der Waals surface area contributed by atoms with Gasteiger partial charge in [-0.05, 0) is 25.7 Å². The monoisotopic (exact) mass is 346 g/mol. The van der Waals surface area contributed by atoms with E-state index >= 15 is 0 Å². The van der Waals surface area contributed by atoms with E-state index in [1.54, 1.807) is 0 Å². The predicted octanol–water partition coefficient (Wildman–Crippen LogP) is 0.596. The first-order valence-corrected chi connectivity index (χ1v) is 9.51. The van der Waals surface area contributed by atoms with Crippen LogP contribution >= 0.6 is 0 Å². The van der Waals surface area contributed by atoms with Gasteiger partial charge in [-0.1, -0.05) is 58.8 Å². The van der Waals surface area contributed by atoms with Gasteiger partial charge >= 0.3 is 51.4 Å². The summed E-state index contributed by atoms with van der Waals surface area (Å²) in [5, 5.41) is 8.87. The molecule has 0 radical (unpaired) electrons. The Morgan fingerprint density at radius 2 is 1.38 bits per heavy atom. The fraction of sp³-hybridized carbons (Fsp3) is 1.00. The normalized spacial score (nSPS) is 14.5. The zero-order chi connectivity index (χ0) is 15.4. The van der Waals surface area contributed by atoms with Crippen molar-refractivity contribution in [1.29, 1.82) is 0 Å². The van der Waals surface area contributed by atoms with Crippen LogP contribution in [0.3, 0.4) is 0 Å². The van der Waals surface area contributed by atoms with Crippen LogP contribution in [0.4, 0.5) is 0 Å². The molecule has 0 aromatic carbocycles. The molecule has 2 unspecified atom stereocenters. The molecule has 0 heterocycles. The zero-order valence-electron chi connectivity index (χ0n) is 14.0. The minimum absolute atomic E-state index is 0. The first kappa shape index (κ1) is 24.8. The molecule has 0 fully saturated rings. The molecule has 0 aromatic heterocycles. The maximum atomic E-state index is 11.2. The summed E-state index contributed by atoms with van der Waals surface area (Å²) < 4.78 is 33.6. The molecule has 0 saturated heterocycles. The fourth-order valence-electron chi connectivity index (χ4n) is 2.46. The average molecular weight is 347 g/mol. The number of hydrogen-bond donors (Lipinski definition) is 1. The molecular formula is C15H31KO4S. The van der Waals surface area contributed by atoms with E-state index < -0.39 is 15.4 Å². The standard InChI is InChI=1S/C15H32O4S.K/c1-3-5-7-12-15(20(17,18)19)13-9-6-8-11-14(16)10-4-2;/h14-16H,3-13H2,1-2H3,(H,17,18,19);/q;+1/p-1. The van der Waals surface area contributed by atoms with Gasteiger partial charge in [0.15, 0.2) is 0 Å². The largest absolute Gasteiger partial charge is 1.00 e. The summed E-state index contributed by atoms with van der Waals surface area (Å²) in [5.41, 5.74) is 0. The Morgan fingerprint density at radius 1 is 0.857 bits per heavy atom. The predicted molar refractivity (Wildman–Crippen MR) is 81.6 cm³/mol. The molecule has 4 nitrogen and oxygen atoms in total. The topological polar surface area (TPSA) is 77.4 Å². The third-order valence-electron chi connectivity index (χ3n) is 3.72. The smallest absolute Gasteiger partial charge is 0.748 e. The van der Waals surface area contributed by atoms with Crippen molar-refractivity contribution in [3.63, 3.8) is 0 Å². The molecule has 21 heavy (non-hydrogen) atoms. The summed E-state index contributed by atoms with van der Waals surface area (Å²) >= 11 is 0. The quantitative estimate of drug-likeness (QED) is 0.301. The van der Waals surface area contributed by atoms with Gasteiger partial charge < -0.3 is 9.66 Å². The van der Waals surface area contributed by atoms with E-state index in [-0.39, 0.29) is 57.5 Å². The fourth-order valence-corrected chi connectivity index (χ4v) is 3.37. The molecule has 0 aliphatic rings. The zero-order valence-corrected chi connectivity index (χ0v) is 18.0. The Bertz CT molecular complexity index is 320. The van der Waals surface area contributed by atoms with E-state index in [2.05, 4.69) is 6.92 Å². The third kappa shape index (κ3) is 14.8. The van der Waals surface area contributed by atoms with Gasteiger partial charge in [0.1, 0.15) is 0 Å². The summed E-state index contributed by atoms with van der Waals surface area (Å²) in [6.45, 7) is 4.10. The van der Waals surface area contributed by atoms with Crippen LogP contribution in [-0.2, 0) is 10.1 Å². The van der Waals surface area contributed by atoms with E-state index in [1.807, 2.05) is 6.92 Å². The molecule has 0 spiro atoms. The van der Waals surface area contributed by atoms with Crippen LogP contribution < -0.4 is 51.4 Å². The van der Waals surface area contributed by atoms with Crippen LogP contribution in [0.2, 0.25) is 0 Å². The summed E-state index contributed by atoms with van der Waals surface area (Å²) in [6.07, 6.45) is 8.70. The molecule has 0 bridgehead atoms. The summed E-state index contributed by atoms with van der Waals surface area (Å²) in [4.78, 5) is 0. The molecule has 1 N–H and O–H groups in total. The van der Waals surface area contributed by atoms with Gasteiger partial charge in [0.25, 0.3) is 0 Å². The Labute approximate surface area is 173 Å². The maximum absolute atomic E-state index is 11.2. The van der Waals surface area contributed by atoms with Gasteiger partial charge in [0.2, 0.25) is 0 Å². The van der Waals surface area contributed by atoms with Crippen molar-refractivity contribution in [3.05, 3.63) is 0 Å². The Hall–Kier alpha value is 1.51. The van der Waals surface area contributed by atoms with Crippen molar-refractivity contribution in [2.24, 2.45) is 0 Å². The first-order chi connectivity index (χ1) is 9.41. The Balaban J connectivity index is 0. The van der Waals surface area contributed by atoms with E-state index in [1.165, 1.54) is 0 Å². The van der Waals surface area contributed by atoms with Crippen molar-refractivity contribution < 1.29 is 69.5 Å². The number of aliphatic hydroxyl groups excluding tert-OH is 1. The first-order valence-electron chi connectivity index (χ1n) is 8.04. The van der Waals surface area contributed by atoms with Crippen molar-refractivity contribution in [2.75, 3.05) is 0 Å². The number of hydrogen-bond acceptors (Lipinski definition) is 4. The van der Waals surface area contributed by atoms with Gasteiger partial charge in [0.05, 0.1) is 16.2 Å². The van der Waals surface area contributed by atoms with Crippen LogP contribution in [0.5, 0.6) is 0 Å². The molecule has 0 saturated carbocycles. The SMILES string of the molecule is CCCCCC(CCCCCC(O)CCC)S(=O)(=O)[O-].[K+]. The molecule has 122 valence electrons. The van der Waals surface area contributed by atoms with Crippen molar-refractivity contribution in [3.8, 4) is 0 Å². The van der Waals surface area contributed by atoms with Gasteiger partial charge in [-0.15, -0.1) is 0 Å². The van der Waals surface area contributed by atoms with Gasteiger partial charge in [0, 0.05) is 5.25 Å². The number of unbranched alkanes of at least 4 members (excludes halogenated alkanes) is 4. The van der Waals surface area contributed by atoms with Crippen LogP contribution in [-0.4, -0.2) is 29.4 Å². The number of aliphatic hydroxyl groups is 1. The number of rotatable bonds is 13. The Kier molecular flexibility index (Phi) is 17.8. The van der Waals surface area contributed by atoms with E-state index in [0.29, 0.717) is 12.8 Å². The van der Waals surface area contributed by atoms with Crippen LogP contribution in [0.1, 0.15) is 84.5 Å². The average Bonchev–Trinajstić information content (AvgIpc) is 2.35. The second-order valence-electron chi connectivity index (χ2n) is 5.69. The Morgan fingerprint density at radius 3 is 1.86 bits per heavy atom. The minimum Gasteiger partial charge on any atom is -0.748 e. The summed E-state index contributed by atoms with van der Waals surface area (Å²) in [7, 11) is -4.16. The summed E-state index contributed by atoms with van der Waals surface area (Å²) in [6, 6.07) is 0. The molecule has 0 aliphatic heterocycles. The van der Waals surface area contributed by atoms with Crippen molar-refractivity contribution in [2.45, 2.75) is 95.8 Å². The van der Waals surface area contributed by atoms with Gasteiger partial charge in [-0.2, -0.15) is 0 Å². The van der Waals surface area contributed by atoms with Gasteiger partial charge in [-0.3, -0.25) is 0 Å². The molecule has 0 aromatic rings. The second kappa shape index (κ2) is 15.1. The molecule has 2 atom stereocenters. The van der Waals surface area contributed by atoms with Crippen LogP contribution in [0.15, 0.2) is 0 Å². The molecule has 0 amide bonds. The van der Waals surface area contributed by atoms with E-state index in [4.69, 9.17) is 0 Å². The molecular weight excluding hydrogens is 315 g/mol. The van der Waals surface area contributed by atoms with E-state index in [9.17, 15) is 18.1 Å². The van der Waals surface area contributed by atoms with Crippen molar-refractivity contribution in [1.82, 2.24) is 0 Å². The molecule has 0 rings (SSSR count). The molecule has 6 heteroatoms. The second-order valence-corrected chi connectivity index (χ2v) is 7.34. The van der Waals surface area contributed by atoms with Crippen LogP contribution in [0, 0.1) is 0 Å². The van der Waals surface area contributed by atoms with E-state index in [0.717, 1.165) is 57.8 Å².